The molecule has 0 spiro atoms. The number of nitrogens with one attached hydrogen (secondary N) is 1. The molecule has 7 nitrogen and oxygen atoms in total. The fourth-order valence-corrected chi connectivity index (χ4v) is 3.41. The van der Waals surface area contributed by atoms with Gasteiger partial charge in [-0.25, -0.2) is 4.79 Å². The highest BCUT2D eigenvalue weighted by atomic mass is 16.4. The van der Waals surface area contributed by atoms with Crippen molar-refractivity contribution >= 4 is 22.8 Å². The van der Waals surface area contributed by atoms with Crippen molar-refractivity contribution in [2.45, 2.75) is 19.4 Å². The van der Waals surface area contributed by atoms with E-state index in [0.29, 0.717) is 13.1 Å². The number of fused-ring (bicyclic) bond motifs is 3. The first-order valence-electron chi connectivity index (χ1n) is 8.25. The average molecular weight is 338 g/mol. The highest BCUT2D eigenvalue weighted by Crippen LogP contribution is 2.25. The zero-order valence-corrected chi connectivity index (χ0v) is 13.6. The first-order chi connectivity index (χ1) is 12.1. The van der Waals surface area contributed by atoms with Crippen molar-refractivity contribution in [2.75, 3.05) is 13.1 Å². The summed E-state index contributed by atoms with van der Waals surface area (Å²) in [6, 6.07) is 9.63. The average Bonchev–Trinajstić information content (AvgIpc) is 3.14. The van der Waals surface area contributed by atoms with Crippen LogP contribution in [-0.2, 0) is 24.2 Å². The number of carbonyl (C=O) groups is 2. The maximum absolute atomic E-state index is 12.5. The zero-order chi connectivity index (χ0) is 17.4. The molecule has 0 saturated heterocycles. The second kappa shape index (κ2) is 6.08. The number of H-pyrrole nitrogens is 1. The summed E-state index contributed by atoms with van der Waals surface area (Å²) in [4.78, 5) is 28.7. The molecule has 3 heterocycles. The third kappa shape index (κ3) is 2.88. The Morgan fingerprint density at radius 2 is 1.96 bits per heavy atom. The van der Waals surface area contributed by atoms with Gasteiger partial charge in [-0.15, -0.1) is 0 Å². The summed E-state index contributed by atoms with van der Waals surface area (Å²) in [5.41, 5.74) is 3.58. The Labute approximate surface area is 143 Å². The van der Waals surface area contributed by atoms with Crippen LogP contribution in [0.4, 0.5) is 0 Å². The van der Waals surface area contributed by atoms with Crippen LogP contribution in [0.15, 0.2) is 36.5 Å². The Kier molecular flexibility index (Phi) is 3.76. The molecule has 1 aliphatic heterocycles. The lowest BCUT2D eigenvalue weighted by Gasteiger charge is -2.20. The number of amides is 1. The molecule has 2 N–H and O–H groups in total. The molecular weight excluding hydrogens is 320 g/mol. The molecule has 3 aromatic rings. The molecular formula is C18H18N4O3. The first kappa shape index (κ1) is 15.4. The van der Waals surface area contributed by atoms with Crippen LogP contribution in [-0.4, -0.2) is 49.7 Å². The highest BCUT2D eigenvalue weighted by Gasteiger charge is 2.21. The quantitative estimate of drug-likeness (QED) is 0.760. The molecule has 1 aromatic carbocycles. The van der Waals surface area contributed by atoms with E-state index in [1.54, 1.807) is 0 Å². The van der Waals surface area contributed by atoms with Crippen LogP contribution in [0.25, 0.3) is 10.9 Å². The SMILES string of the molecule is O=C(O)c1ccn(CC(=O)N2CCc3[nH]c4ccccc4c3CC2)n1. The van der Waals surface area contributed by atoms with Crippen LogP contribution in [0.2, 0.25) is 0 Å². The number of aromatic nitrogens is 3. The monoisotopic (exact) mass is 338 g/mol. The lowest BCUT2D eigenvalue weighted by Crippen LogP contribution is -2.36. The minimum Gasteiger partial charge on any atom is -0.476 e. The number of carbonyl (C=O) groups excluding carboxylic acids is 1. The summed E-state index contributed by atoms with van der Waals surface area (Å²) >= 11 is 0. The van der Waals surface area contributed by atoms with Gasteiger partial charge in [-0.05, 0) is 24.1 Å². The Hall–Kier alpha value is -3.09. The van der Waals surface area contributed by atoms with E-state index in [1.165, 1.54) is 33.6 Å². The molecule has 2 aromatic heterocycles. The number of nitrogens with zero attached hydrogens (tertiary/aromatic N) is 3. The zero-order valence-electron chi connectivity index (χ0n) is 13.6. The molecule has 25 heavy (non-hydrogen) atoms. The van der Waals surface area contributed by atoms with E-state index in [4.69, 9.17) is 5.11 Å². The molecule has 4 rings (SSSR count). The number of hydrogen-bond acceptors (Lipinski definition) is 3. The van der Waals surface area contributed by atoms with Gasteiger partial charge in [0.25, 0.3) is 0 Å². The molecule has 0 unspecified atom stereocenters. The van der Waals surface area contributed by atoms with Crippen LogP contribution < -0.4 is 0 Å². The van der Waals surface area contributed by atoms with E-state index < -0.39 is 5.97 Å². The van der Waals surface area contributed by atoms with Crippen molar-refractivity contribution in [1.82, 2.24) is 19.7 Å². The maximum Gasteiger partial charge on any atom is 0.356 e. The Balaban J connectivity index is 1.47. The molecule has 0 atom stereocenters. The van der Waals surface area contributed by atoms with Gasteiger partial charge in [0.2, 0.25) is 5.91 Å². The predicted octanol–water partition coefficient (Wildman–Crippen LogP) is 1.69. The van der Waals surface area contributed by atoms with Gasteiger partial charge >= 0.3 is 5.97 Å². The summed E-state index contributed by atoms with van der Waals surface area (Å²) in [6.07, 6.45) is 3.12. The van der Waals surface area contributed by atoms with Gasteiger partial charge in [0.1, 0.15) is 6.54 Å². The van der Waals surface area contributed by atoms with Crippen molar-refractivity contribution < 1.29 is 14.7 Å². The number of carboxylic acid groups (broad SMARTS) is 1. The second-order valence-corrected chi connectivity index (χ2v) is 6.21. The minimum atomic E-state index is -1.09. The van der Waals surface area contributed by atoms with E-state index in [-0.39, 0.29) is 18.1 Å². The highest BCUT2D eigenvalue weighted by molar-refractivity contribution is 5.86. The summed E-state index contributed by atoms with van der Waals surface area (Å²) in [7, 11) is 0. The van der Waals surface area contributed by atoms with Gasteiger partial charge in [0, 0.05) is 42.3 Å². The Bertz CT molecular complexity index is 956. The summed E-state index contributed by atoms with van der Waals surface area (Å²) in [6.45, 7) is 1.36. The second-order valence-electron chi connectivity index (χ2n) is 6.21. The van der Waals surface area contributed by atoms with Crippen molar-refractivity contribution in [1.29, 1.82) is 0 Å². The van der Waals surface area contributed by atoms with Gasteiger partial charge in [0.05, 0.1) is 0 Å². The third-order valence-electron chi connectivity index (χ3n) is 4.68. The fraction of sp³-hybridized carbons (Fsp3) is 0.278. The molecule has 0 aliphatic carbocycles. The number of aromatic amines is 1. The minimum absolute atomic E-state index is 0.0468. The Morgan fingerprint density at radius 1 is 1.16 bits per heavy atom. The van der Waals surface area contributed by atoms with Crippen molar-refractivity contribution in [3.63, 3.8) is 0 Å². The molecule has 0 saturated carbocycles. The van der Waals surface area contributed by atoms with Crippen LogP contribution in [0.5, 0.6) is 0 Å². The first-order valence-corrected chi connectivity index (χ1v) is 8.25. The van der Waals surface area contributed by atoms with E-state index in [0.717, 1.165) is 18.4 Å². The lowest BCUT2D eigenvalue weighted by molar-refractivity contribution is -0.131. The van der Waals surface area contributed by atoms with Gasteiger partial charge in [-0.1, -0.05) is 18.2 Å². The summed E-state index contributed by atoms with van der Waals surface area (Å²) in [5, 5.41) is 14.0. The molecule has 0 bridgehead atoms. The maximum atomic E-state index is 12.5. The largest absolute Gasteiger partial charge is 0.476 e. The van der Waals surface area contributed by atoms with Crippen LogP contribution in [0.1, 0.15) is 21.7 Å². The van der Waals surface area contributed by atoms with Crippen molar-refractivity contribution in [2.24, 2.45) is 0 Å². The van der Waals surface area contributed by atoms with Gasteiger partial charge in [-0.3, -0.25) is 9.48 Å². The smallest absolute Gasteiger partial charge is 0.356 e. The molecule has 7 heteroatoms. The summed E-state index contributed by atoms with van der Waals surface area (Å²) in [5.74, 6) is -1.14. The van der Waals surface area contributed by atoms with Crippen LogP contribution in [0.3, 0.4) is 0 Å². The number of rotatable bonds is 3. The summed E-state index contributed by atoms with van der Waals surface area (Å²) < 4.78 is 1.38. The molecule has 0 fully saturated rings. The lowest BCUT2D eigenvalue weighted by atomic mass is 10.1. The van der Waals surface area contributed by atoms with Gasteiger partial charge in [0.15, 0.2) is 5.69 Å². The topological polar surface area (TPSA) is 91.2 Å². The number of para-hydroxylation sites is 1. The number of hydrogen-bond donors (Lipinski definition) is 2. The van der Waals surface area contributed by atoms with Crippen molar-refractivity contribution in [3.05, 3.63) is 53.5 Å². The van der Waals surface area contributed by atoms with E-state index >= 15 is 0 Å². The normalized spacial score (nSPS) is 14.3. The molecule has 1 amide bonds. The van der Waals surface area contributed by atoms with Gasteiger partial charge < -0.3 is 15.0 Å². The van der Waals surface area contributed by atoms with E-state index in [9.17, 15) is 9.59 Å². The third-order valence-corrected chi connectivity index (χ3v) is 4.68. The predicted molar refractivity (Wildman–Crippen MR) is 91.5 cm³/mol. The number of aromatic carboxylic acids is 1. The van der Waals surface area contributed by atoms with Gasteiger partial charge in [-0.2, -0.15) is 5.10 Å². The molecule has 0 radical (unpaired) electrons. The van der Waals surface area contributed by atoms with Crippen LogP contribution in [0, 0.1) is 0 Å². The molecule has 1 aliphatic rings. The van der Waals surface area contributed by atoms with E-state index in [1.807, 2.05) is 17.0 Å². The van der Waals surface area contributed by atoms with E-state index in [2.05, 4.69) is 22.2 Å². The van der Waals surface area contributed by atoms with Crippen LogP contribution >= 0.6 is 0 Å². The van der Waals surface area contributed by atoms with Crippen molar-refractivity contribution in [3.8, 4) is 0 Å². The fourth-order valence-electron chi connectivity index (χ4n) is 3.41. The standard InChI is InChI=1S/C18H18N4O3/c23-17(11-22-10-7-16(20-22)18(24)25)21-8-5-13-12-3-1-2-4-14(12)19-15(13)6-9-21/h1-4,7,10,19H,5-6,8-9,11H2,(H,24,25). The Morgan fingerprint density at radius 3 is 2.76 bits per heavy atom. The number of benzene rings is 1. The number of carboxylic acids is 1. The molecule has 128 valence electrons.